The van der Waals surface area contributed by atoms with Gasteiger partial charge in [-0.25, -0.2) is 4.98 Å². The molecule has 0 aliphatic carbocycles. The van der Waals surface area contributed by atoms with E-state index in [1.807, 2.05) is 4.90 Å². The van der Waals surface area contributed by atoms with Gasteiger partial charge >= 0.3 is 23.5 Å². The van der Waals surface area contributed by atoms with E-state index in [-0.39, 0.29) is 36.4 Å². The number of hydrogen-bond donors (Lipinski definition) is 0. The molecule has 2 aliphatic rings. The number of nitrogens with zero attached hydrogens (tertiary/aromatic N) is 5. The van der Waals surface area contributed by atoms with Crippen molar-refractivity contribution in [2.45, 2.75) is 37.5 Å². The number of benzene rings is 1. The maximum Gasteiger partial charge on any atom is 0.433 e. The van der Waals surface area contributed by atoms with E-state index >= 15 is 0 Å². The zero-order valence-corrected chi connectivity index (χ0v) is 17.8. The molecule has 2 aliphatic heterocycles. The van der Waals surface area contributed by atoms with Gasteiger partial charge in [-0.15, -0.1) is 4.52 Å². The Hall–Kier alpha value is -3.50. The van der Waals surface area contributed by atoms with Gasteiger partial charge in [0.1, 0.15) is 11.3 Å². The first-order chi connectivity index (χ1) is 15.8. The molecule has 8 nitrogen and oxygen atoms in total. The van der Waals surface area contributed by atoms with Crippen LogP contribution in [0.2, 0.25) is 0 Å². The van der Waals surface area contributed by atoms with E-state index in [0.717, 1.165) is 25.3 Å². The molecule has 2 fully saturated rings. The van der Waals surface area contributed by atoms with E-state index in [9.17, 15) is 18.0 Å². The number of fused-ring (bicyclic) bond motifs is 2. The topological polar surface area (TPSA) is 76.2 Å². The van der Waals surface area contributed by atoms with Gasteiger partial charge in [-0.3, -0.25) is 4.79 Å². The number of aromatic nitrogens is 4. The fourth-order valence-corrected chi connectivity index (χ4v) is 4.80. The first-order valence-electron chi connectivity index (χ1n) is 10.6. The van der Waals surface area contributed by atoms with Crippen LogP contribution in [0.3, 0.4) is 0 Å². The smallest absolute Gasteiger partial charge is 0.433 e. The van der Waals surface area contributed by atoms with Crippen molar-refractivity contribution in [1.82, 2.24) is 15.1 Å². The number of halogens is 3. The zero-order chi connectivity index (χ0) is 23.2. The summed E-state index contributed by atoms with van der Waals surface area (Å²) in [7, 11) is 1.72. The maximum absolute atomic E-state index is 13.5. The number of pyridine rings is 1. The summed E-state index contributed by atoms with van der Waals surface area (Å²) in [4.78, 5) is 20.3. The number of ether oxygens (including phenoxy) is 1. The monoisotopic (exact) mass is 461 g/mol. The van der Waals surface area contributed by atoms with Gasteiger partial charge in [0.25, 0.3) is 5.91 Å². The Morgan fingerprint density at radius 1 is 1.21 bits per heavy atom. The van der Waals surface area contributed by atoms with Crippen molar-refractivity contribution in [3.05, 3.63) is 60.1 Å². The molecule has 2 saturated heterocycles. The molecule has 4 heterocycles. The molecular formula is C22H22F3N5O3+2. The van der Waals surface area contributed by atoms with Crippen LogP contribution in [0.5, 0.6) is 5.88 Å². The first kappa shape index (κ1) is 21.4. The zero-order valence-electron chi connectivity index (χ0n) is 17.8. The highest BCUT2D eigenvalue weighted by Crippen LogP contribution is 2.43. The summed E-state index contributed by atoms with van der Waals surface area (Å²) in [6.07, 6.45) is -0.656. The Bertz CT molecular complexity index is 1180. The molecule has 1 aromatic carbocycles. The van der Waals surface area contributed by atoms with Gasteiger partial charge < -0.3 is 9.64 Å². The van der Waals surface area contributed by atoms with Crippen LogP contribution in [0.25, 0.3) is 5.69 Å². The van der Waals surface area contributed by atoms with E-state index in [1.54, 1.807) is 31.3 Å². The molecule has 0 spiro atoms. The predicted molar refractivity (Wildman–Crippen MR) is 105 cm³/mol. The van der Waals surface area contributed by atoms with Crippen LogP contribution in [0.15, 0.2) is 53.4 Å². The predicted octanol–water partition coefficient (Wildman–Crippen LogP) is 2.26. The summed E-state index contributed by atoms with van der Waals surface area (Å²) < 4.78 is 51.3. The van der Waals surface area contributed by atoms with Gasteiger partial charge in [0.05, 0.1) is 6.61 Å². The molecule has 3 aromatic rings. The fraction of sp³-hybridized carbons (Fsp3) is 0.409. The lowest BCUT2D eigenvalue weighted by molar-refractivity contribution is -0.901. The van der Waals surface area contributed by atoms with Crippen LogP contribution >= 0.6 is 0 Å². The third-order valence-corrected chi connectivity index (χ3v) is 6.22. The van der Waals surface area contributed by atoms with E-state index in [4.69, 9.17) is 9.26 Å². The second-order valence-corrected chi connectivity index (χ2v) is 8.34. The Kier molecular flexibility index (Phi) is 5.26. The highest BCUT2D eigenvalue weighted by Gasteiger charge is 2.50. The van der Waals surface area contributed by atoms with E-state index < -0.39 is 11.9 Å². The van der Waals surface area contributed by atoms with Crippen LogP contribution in [-0.2, 0) is 13.2 Å². The largest absolute Gasteiger partial charge is 0.477 e. The van der Waals surface area contributed by atoms with E-state index in [2.05, 4.69) is 10.2 Å². The van der Waals surface area contributed by atoms with Gasteiger partial charge in [0.2, 0.25) is 10.7 Å². The maximum atomic E-state index is 13.5. The Morgan fingerprint density at radius 3 is 2.79 bits per heavy atom. The molecule has 2 aromatic heterocycles. The summed E-state index contributed by atoms with van der Waals surface area (Å²) in [5.41, 5.74) is 0.0251. The summed E-state index contributed by atoms with van der Waals surface area (Å²) in [5.74, 6) is -0.168. The minimum atomic E-state index is -4.53. The summed E-state index contributed by atoms with van der Waals surface area (Å²) in [6.45, 7) is 0.200. The third kappa shape index (κ3) is 4.03. The lowest BCUT2D eigenvalue weighted by atomic mass is 9.90. The Morgan fingerprint density at radius 2 is 2.03 bits per heavy atom. The van der Waals surface area contributed by atoms with Crippen molar-refractivity contribution in [2.24, 2.45) is 13.0 Å². The van der Waals surface area contributed by atoms with Crippen molar-refractivity contribution in [1.29, 1.82) is 0 Å². The third-order valence-electron chi connectivity index (χ3n) is 6.22. The molecule has 11 heteroatoms. The second kappa shape index (κ2) is 8.13. The minimum absolute atomic E-state index is 0.0170. The van der Waals surface area contributed by atoms with Crippen molar-refractivity contribution in [2.75, 3.05) is 6.61 Å². The summed E-state index contributed by atoms with van der Waals surface area (Å²) >= 11 is 0. The molecule has 2 bridgehead atoms. The minimum Gasteiger partial charge on any atom is -0.477 e. The van der Waals surface area contributed by atoms with Crippen LogP contribution < -0.4 is 14.3 Å². The molecule has 3 atom stereocenters. The molecular weight excluding hydrogens is 439 g/mol. The number of carbonyl (C=O) groups is 1. The van der Waals surface area contributed by atoms with Gasteiger partial charge in [-0.2, -0.15) is 13.2 Å². The van der Waals surface area contributed by atoms with Crippen molar-refractivity contribution in [3.8, 4) is 11.6 Å². The molecule has 1 amide bonds. The number of aryl methyl sites for hydroxylation is 1. The highest BCUT2D eigenvalue weighted by molar-refractivity contribution is 5.97. The van der Waals surface area contributed by atoms with Crippen LogP contribution in [0, 0.1) is 5.92 Å². The van der Waals surface area contributed by atoms with Crippen LogP contribution in [0.4, 0.5) is 13.2 Å². The van der Waals surface area contributed by atoms with Crippen LogP contribution in [-0.4, -0.2) is 39.7 Å². The molecule has 3 unspecified atom stereocenters. The van der Waals surface area contributed by atoms with Gasteiger partial charge in [-0.05, 0) is 31.4 Å². The molecule has 0 radical (unpaired) electrons. The molecule has 0 N–H and O–H groups in total. The number of amides is 1. The molecule has 5 rings (SSSR count). The standard InChI is InChI=1S/C22H22F3N5O3/c1-28-13-33-30(27-28)18-6-3-2-5-16(18)21(31)29-15-9-10-17(29)14(11-15)12-32-20-8-4-7-19(26-20)22(23,24)25/h2-8,13-15,17H,9-12H2,1H3/q+2. The van der Waals surface area contributed by atoms with Gasteiger partial charge in [-0.1, -0.05) is 18.2 Å². The Labute approximate surface area is 187 Å². The average molecular weight is 461 g/mol. The van der Waals surface area contributed by atoms with Crippen LogP contribution in [0.1, 0.15) is 35.3 Å². The highest BCUT2D eigenvalue weighted by atomic mass is 19.4. The Balaban J connectivity index is 1.32. The van der Waals surface area contributed by atoms with Gasteiger partial charge in [0, 0.05) is 34.8 Å². The number of carbonyl (C=O) groups excluding carboxylic acids is 1. The average Bonchev–Trinajstić information content (AvgIpc) is 3.51. The van der Waals surface area contributed by atoms with Crippen molar-refractivity contribution in [3.63, 3.8) is 0 Å². The van der Waals surface area contributed by atoms with Gasteiger partial charge in [0.15, 0.2) is 7.05 Å². The van der Waals surface area contributed by atoms with E-state index in [1.165, 1.54) is 28.1 Å². The SMILES string of the molecule is C[n+]1co[n+](-c2ccccc2C(=O)N2C3CCC2C(COc2cccc(C(F)(F)F)n2)C3)n1. The second-order valence-electron chi connectivity index (χ2n) is 8.34. The lowest BCUT2D eigenvalue weighted by Crippen LogP contribution is -2.44. The number of hydrogen-bond acceptors (Lipinski definition) is 5. The molecule has 0 saturated carbocycles. The van der Waals surface area contributed by atoms with E-state index in [0.29, 0.717) is 11.3 Å². The molecule has 172 valence electrons. The summed E-state index contributed by atoms with van der Waals surface area (Å²) in [6, 6.07) is 10.7. The lowest BCUT2D eigenvalue weighted by Gasteiger charge is -2.24. The van der Waals surface area contributed by atoms with Crippen molar-refractivity contribution >= 4 is 5.91 Å². The fourth-order valence-electron chi connectivity index (χ4n) is 4.80. The number of rotatable bonds is 5. The first-order valence-corrected chi connectivity index (χ1v) is 10.6. The number of alkyl halides is 3. The normalized spacial score (nSPS) is 22.1. The summed E-state index contributed by atoms with van der Waals surface area (Å²) in [5, 5.41) is 4.20. The van der Waals surface area contributed by atoms with Crippen molar-refractivity contribution < 1.29 is 36.8 Å². The molecule has 33 heavy (non-hydrogen) atoms. The number of para-hydroxylation sites is 1. The quantitative estimate of drug-likeness (QED) is 0.545.